The van der Waals surface area contributed by atoms with E-state index in [-0.39, 0.29) is 0 Å². The second kappa shape index (κ2) is 7.64. The van der Waals surface area contributed by atoms with E-state index in [0.717, 1.165) is 6.04 Å². The van der Waals surface area contributed by atoms with Crippen LogP contribution in [-0.4, -0.2) is 37.1 Å². The molecule has 2 nitrogen and oxygen atoms in total. The average Bonchev–Trinajstić information content (AvgIpc) is 2.66. The SMILES string of the molecule is CCCNCC1(CN2CCCC2C)CCCCCC1. The minimum atomic E-state index is 0.574. The van der Waals surface area contributed by atoms with Gasteiger partial charge in [0.05, 0.1) is 0 Å². The van der Waals surface area contributed by atoms with Crippen molar-refractivity contribution in [3.63, 3.8) is 0 Å². The van der Waals surface area contributed by atoms with Crippen molar-refractivity contribution in [2.24, 2.45) is 5.41 Å². The molecule has 1 saturated carbocycles. The Hall–Kier alpha value is -0.0800. The van der Waals surface area contributed by atoms with Crippen LogP contribution in [0.3, 0.4) is 0 Å². The third-order valence-corrected chi connectivity index (χ3v) is 5.32. The molecule has 2 heteroatoms. The second-order valence-corrected chi connectivity index (χ2v) is 7.05. The highest BCUT2D eigenvalue weighted by Gasteiger charge is 2.35. The molecule has 1 atom stereocenters. The molecule has 0 aromatic rings. The third-order valence-electron chi connectivity index (χ3n) is 5.32. The molecule has 0 amide bonds. The quantitative estimate of drug-likeness (QED) is 0.581. The van der Waals surface area contributed by atoms with E-state index >= 15 is 0 Å². The average molecular weight is 266 g/mol. The summed E-state index contributed by atoms with van der Waals surface area (Å²) in [5, 5.41) is 3.74. The molecule has 1 aliphatic carbocycles. The van der Waals surface area contributed by atoms with Gasteiger partial charge in [-0.05, 0) is 57.5 Å². The Balaban J connectivity index is 1.95. The minimum absolute atomic E-state index is 0.574. The maximum atomic E-state index is 3.74. The standard InChI is InChI=1S/C17H34N2/c1-3-12-18-14-17(10-6-4-5-7-11-17)15-19-13-8-9-16(19)2/h16,18H,3-15H2,1-2H3. The number of nitrogens with zero attached hydrogens (tertiary/aromatic N) is 1. The van der Waals surface area contributed by atoms with Crippen LogP contribution in [0.2, 0.25) is 0 Å². The van der Waals surface area contributed by atoms with Crippen LogP contribution in [0, 0.1) is 5.41 Å². The van der Waals surface area contributed by atoms with Crippen LogP contribution in [0.5, 0.6) is 0 Å². The van der Waals surface area contributed by atoms with Gasteiger partial charge in [-0.25, -0.2) is 0 Å². The first-order valence-electron chi connectivity index (χ1n) is 8.70. The summed E-state index contributed by atoms with van der Waals surface area (Å²) >= 11 is 0. The van der Waals surface area contributed by atoms with Gasteiger partial charge in [0.25, 0.3) is 0 Å². The van der Waals surface area contributed by atoms with Crippen molar-refractivity contribution >= 4 is 0 Å². The van der Waals surface area contributed by atoms with Gasteiger partial charge in [-0.2, -0.15) is 0 Å². The Morgan fingerprint density at radius 2 is 1.84 bits per heavy atom. The van der Waals surface area contributed by atoms with Crippen molar-refractivity contribution in [1.29, 1.82) is 0 Å². The molecule has 1 saturated heterocycles. The predicted molar refractivity (Wildman–Crippen MR) is 83.6 cm³/mol. The molecule has 0 radical (unpaired) electrons. The van der Waals surface area contributed by atoms with E-state index in [1.165, 1.54) is 84.0 Å². The van der Waals surface area contributed by atoms with E-state index in [1.54, 1.807) is 0 Å². The van der Waals surface area contributed by atoms with Crippen LogP contribution in [0.15, 0.2) is 0 Å². The lowest BCUT2D eigenvalue weighted by Crippen LogP contribution is -2.45. The minimum Gasteiger partial charge on any atom is -0.316 e. The Morgan fingerprint density at radius 1 is 1.11 bits per heavy atom. The number of likely N-dealkylation sites (tertiary alicyclic amines) is 1. The van der Waals surface area contributed by atoms with Gasteiger partial charge in [0.1, 0.15) is 0 Å². The van der Waals surface area contributed by atoms with Gasteiger partial charge in [-0.1, -0.05) is 32.6 Å². The fraction of sp³-hybridized carbons (Fsp3) is 1.00. The van der Waals surface area contributed by atoms with Crippen molar-refractivity contribution in [3.8, 4) is 0 Å². The Labute approximate surface area is 120 Å². The molecule has 0 bridgehead atoms. The van der Waals surface area contributed by atoms with Crippen LogP contribution in [0.25, 0.3) is 0 Å². The summed E-state index contributed by atoms with van der Waals surface area (Å²) in [4.78, 5) is 2.78. The Kier molecular flexibility index (Phi) is 6.15. The van der Waals surface area contributed by atoms with Crippen molar-refractivity contribution in [1.82, 2.24) is 10.2 Å². The molecule has 0 aromatic heterocycles. The highest BCUT2D eigenvalue weighted by molar-refractivity contribution is 4.89. The van der Waals surface area contributed by atoms with Gasteiger partial charge >= 0.3 is 0 Å². The van der Waals surface area contributed by atoms with E-state index < -0.39 is 0 Å². The third kappa shape index (κ3) is 4.46. The fourth-order valence-corrected chi connectivity index (χ4v) is 4.06. The lowest BCUT2D eigenvalue weighted by atomic mass is 9.79. The molecule has 1 N–H and O–H groups in total. The Bertz CT molecular complexity index is 244. The largest absolute Gasteiger partial charge is 0.316 e. The fourth-order valence-electron chi connectivity index (χ4n) is 4.06. The smallest absolute Gasteiger partial charge is 0.00676 e. The number of nitrogens with one attached hydrogen (secondary N) is 1. The van der Waals surface area contributed by atoms with Gasteiger partial charge in [-0.3, -0.25) is 0 Å². The number of rotatable bonds is 6. The lowest BCUT2D eigenvalue weighted by Gasteiger charge is -2.38. The number of hydrogen-bond acceptors (Lipinski definition) is 2. The molecule has 112 valence electrons. The maximum Gasteiger partial charge on any atom is 0.00676 e. The molecule has 1 heterocycles. The van der Waals surface area contributed by atoms with Crippen LogP contribution in [0.4, 0.5) is 0 Å². The second-order valence-electron chi connectivity index (χ2n) is 7.05. The van der Waals surface area contributed by atoms with Crippen molar-refractivity contribution in [2.75, 3.05) is 26.2 Å². The topological polar surface area (TPSA) is 15.3 Å². The molecule has 2 rings (SSSR count). The summed E-state index contributed by atoms with van der Waals surface area (Å²) in [5.41, 5.74) is 0.574. The zero-order valence-electron chi connectivity index (χ0n) is 13.2. The molecule has 19 heavy (non-hydrogen) atoms. The van der Waals surface area contributed by atoms with E-state index in [1.807, 2.05) is 0 Å². The summed E-state index contributed by atoms with van der Waals surface area (Å²) in [7, 11) is 0. The molecule has 0 aromatic carbocycles. The molecule has 1 aliphatic heterocycles. The monoisotopic (exact) mass is 266 g/mol. The van der Waals surface area contributed by atoms with Crippen molar-refractivity contribution in [3.05, 3.63) is 0 Å². The molecule has 2 aliphatic rings. The van der Waals surface area contributed by atoms with Crippen LogP contribution >= 0.6 is 0 Å². The summed E-state index contributed by atoms with van der Waals surface area (Å²) in [6.07, 6.45) is 12.8. The van der Waals surface area contributed by atoms with Crippen LogP contribution in [0.1, 0.15) is 71.6 Å². The van der Waals surface area contributed by atoms with E-state index in [0.29, 0.717) is 5.41 Å². The lowest BCUT2D eigenvalue weighted by molar-refractivity contribution is 0.122. The summed E-state index contributed by atoms with van der Waals surface area (Å²) in [5.74, 6) is 0. The zero-order valence-corrected chi connectivity index (χ0v) is 13.2. The first kappa shape index (κ1) is 15.3. The van der Waals surface area contributed by atoms with Gasteiger partial charge in [0.2, 0.25) is 0 Å². The summed E-state index contributed by atoms with van der Waals surface area (Å²) in [6.45, 7) is 9.84. The summed E-state index contributed by atoms with van der Waals surface area (Å²) < 4.78 is 0. The van der Waals surface area contributed by atoms with Crippen molar-refractivity contribution < 1.29 is 0 Å². The van der Waals surface area contributed by atoms with E-state index in [4.69, 9.17) is 0 Å². The van der Waals surface area contributed by atoms with Crippen LogP contribution < -0.4 is 5.32 Å². The van der Waals surface area contributed by atoms with E-state index in [9.17, 15) is 0 Å². The zero-order chi connectivity index (χ0) is 13.6. The van der Waals surface area contributed by atoms with Gasteiger partial charge in [0.15, 0.2) is 0 Å². The van der Waals surface area contributed by atoms with Gasteiger partial charge in [0, 0.05) is 19.1 Å². The molecule has 0 spiro atoms. The normalized spacial score (nSPS) is 28.4. The first-order chi connectivity index (χ1) is 9.26. The molecule has 1 unspecified atom stereocenters. The van der Waals surface area contributed by atoms with Gasteiger partial charge < -0.3 is 10.2 Å². The summed E-state index contributed by atoms with van der Waals surface area (Å²) in [6, 6.07) is 0.825. The van der Waals surface area contributed by atoms with Crippen LogP contribution in [-0.2, 0) is 0 Å². The molecule has 2 fully saturated rings. The van der Waals surface area contributed by atoms with Crippen molar-refractivity contribution in [2.45, 2.75) is 77.7 Å². The predicted octanol–water partition coefficient (Wildman–Crippen LogP) is 3.81. The highest BCUT2D eigenvalue weighted by atomic mass is 15.2. The Morgan fingerprint density at radius 3 is 2.42 bits per heavy atom. The maximum absolute atomic E-state index is 3.74. The first-order valence-corrected chi connectivity index (χ1v) is 8.70. The number of hydrogen-bond donors (Lipinski definition) is 1. The highest BCUT2D eigenvalue weighted by Crippen LogP contribution is 2.37. The molecular formula is C17H34N2. The van der Waals surface area contributed by atoms with E-state index in [2.05, 4.69) is 24.1 Å². The van der Waals surface area contributed by atoms with Gasteiger partial charge in [-0.15, -0.1) is 0 Å². The molecular weight excluding hydrogens is 232 g/mol.